The fourth-order valence-electron chi connectivity index (χ4n) is 1.58. The molecule has 3 unspecified atom stereocenters. The van der Waals surface area contributed by atoms with E-state index in [4.69, 9.17) is 0 Å². The van der Waals surface area contributed by atoms with Gasteiger partial charge in [-0.15, -0.1) is 12.4 Å². The Hall–Kier alpha value is 0.260. The van der Waals surface area contributed by atoms with E-state index in [0.717, 1.165) is 0 Å². The van der Waals surface area contributed by atoms with Crippen molar-refractivity contribution >= 4 is 20.0 Å². The summed E-state index contributed by atoms with van der Waals surface area (Å²) in [7, 11) is -3.89. The Kier molecular flexibility index (Phi) is 6.21. The SMILES string of the molecule is CCOP(=O)(O)C1CNCC1C(F)F.Cl. The maximum absolute atomic E-state index is 12.4. The van der Waals surface area contributed by atoms with Crippen LogP contribution < -0.4 is 5.32 Å². The third-order valence-electron chi connectivity index (χ3n) is 2.28. The molecule has 0 aromatic rings. The van der Waals surface area contributed by atoms with Crippen LogP contribution in [-0.4, -0.2) is 36.7 Å². The predicted octanol–water partition coefficient (Wildman–Crippen LogP) is 1.48. The van der Waals surface area contributed by atoms with Crippen LogP contribution in [0.3, 0.4) is 0 Å². The molecular weight excluding hydrogens is 251 g/mol. The molecule has 2 N–H and O–H groups in total. The summed E-state index contributed by atoms with van der Waals surface area (Å²) in [4.78, 5) is 9.39. The van der Waals surface area contributed by atoms with E-state index in [2.05, 4.69) is 9.84 Å². The highest BCUT2D eigenvalue weighted by molar-refractivity contribution is 7.53. The monoisotopic (exact) mass is 265 g/mol. The van der Waals surface area contributed by atoms with Gasteiger partial charge in [0, 0.05) is 19.0 Å². The summed E-state index contributed by atoms with van der Waals surface area (Å²) < 4.78 is 41.0. The quantitative estimate of drug-likeness (QED) is 0.756. The van der Waals surface area contributed by atoms with Crippen LogP contribution in [0.5, 0.6) is 0 Å². The fraction of sp³-hybridized carbons (Fsp3) is 1.00. The molecule has 0 aromatic carbocycles. The van der Waals surface area contributed by atoms with Crippen molar-refractivity contribution in [2.75, 3.05) is 19.7 Å². The van der Waals surface area contributed by atoms with Gasteiger partial charge in [-0.2, -0.15) is 0 Å². The van der Waals surface area contributed by atoms with Crippen molar-refractivity contribution in [3.8, 4) is 0 Å². The van der Waals surface area contributed by atoms with Crippen LogP contribution in [0.25, 0.3) is 0 Å². The van der Waals surface area contributed by atoms with E-state index in [1.54, 1.807) is 6.92 Å². The van der Waals surface area contributed by atoms with Crippen LogP contribution in [0.2, 0.25) is 0 Å². The zero-order valence-corrected chi connectivity index (χ0v) is 9.94. The van der Waals surface area contributed by atoms with Gasteiger partial charge in [-0.25, -0.2) is 8.78 Å². The molecule has 1 aliphatic rings. The fourth-order valence-corrected chi connectivity index (χ4v) is 3.22. The first-order valence-corrected chi connectivity index (χ1v) is 6.09. The number of halogens is 3. The van der Waals surface area contributed by atoms with Gasteiger partial charge >= 0.3 is 7.60 Å². The molecular formula is C7H15ClF2NO3P. The lowest BCUT2D eigenvalue weighted by atomic mass is 10.1. The molecule has 8 heteroatoms. The molecule has 0 saturated carbocycles. The van der Waals surface area contributed by atoms with Gasteiger partial charge in [0.1, 0.15) is 0 Å². The highest BCUT2D eigenvalue weighted by Crippen LogP contribution is 2.52. The Labute approximate surface area is 93.3 Å². The molecule has 92 valence electrons. The maximum atomic E-state index is 12.4. The van der Waals surface area contributed by atoms with Crippen LogP contribution in [0, 0.1) is 5.92 Å². The van der Waals surface area contributed by atoms with Crippen LogP contribution in [0.1, 0.15) is 6.92 Å². The first-order chi connectivity index (χ1) is 6.49. The molecule has 0 aliphatic carbocycles. The first-order valence-electron chi connectivity index (χ1n) is 4.45. The summed E-state index contributed by atoms with van der Waals surface area (Å²) in [5.74, 6) is -1.09. The van der Waals surface area contributed by atoms with Gasteiger partial charge in [0.2, 0.25) is 6.43 Å². The number of hydrogen-bond donors (Lipinski definition) is 2. The van der Waals surface area contributed by atoms with E-state index in [-0.39, 0.29) is 32.1 Å². The van der Waals surface area contributed by atoms with Gasteiger partial charge in [-0.1, -0.05) is 0 Å². The summed E-state index contributed by atoms with van der Waals surface area (Å²) in [5, 5.41) is 2.68. The van der Waals surface area contributed by atoms with Gasteiger partial charge < -0.3 is 14.7 Å². The van der Waals surface area contributed by atoms with Crippen molar-refractivity contribution in [2.24, 2.45) is 5.92 Å². The number of alkyl halides is 2. The molecule has 0 spiro atoms. The standard InChI is InChI=1S/C7H14F2NO3P.ClH/c1-2-13-14(11,12)6-4-10-3-5(6)7(8)9;/h5-7,10H,2-4H2,1H3,(H,11,12);1H. The summed E-state index contributed by atoms with van der Waals surface area (Å²) in [6.07, 6.45) is -2.59. The molecule has 1 heterocycles. The molecule has 4 nitrogen and oxygen atoms in total. The third-order valence-corrected chi connectivity index (χ3v) is 4.32. The van der Waals surface area contributed by atoms with E-state index in [9.17, 15) is 18.2 Å². The van der Waals surface area contributed by atoms with E-state index < -0.39 is 25.6 Å². The first kappa shape index (κ1) is 15.3. The Morgan fingerprint density at radius 2 is 2.20 bits per heavy atom. The topological polar surface area (TPSA) is 58.6 Å². The highest BCUT2D eigenvalue weighted by atomic mass is 35.5. The van der Waals surface area contributed by atoms with Crippen LogP contribution in [0.4, 0.5) is 8.78 Å². The van der Waals surface area contributed by atoms with Crippen molar-refractivity contribution in [3.63, 3.8) is 0 Å². The Morgan fingerprint density at radius 3 is 2.67 bits per heavy atom. The molecule has 0 radical (unpaired) electrons. The molecule has 1 rings (SSSR count). The lowest BCUT2D eigenvalue weighted by Gasteiger charge is -2.22. The van der Waals surface area contributed by atoms with E-state index in [0.29, 0.717) is 0 Å². The highest BCUT2D eigenvalue weighted by Gasteiger charge is 2.45. The summed E-state index contributed by atoms with van der Waals surface area (Å²) in [6.45, 7) is 1.80. The lowest BCUT2D eigenvalue weighted by molar-refractivity contribution is 0.0833. The van der Waals surface area contributed by atoms with Gasteiger partial charge in [0.25, 0.3) is 0 Å². The molecule has 1 aliphatic heterocycles. The summed E-state index contributed by atoms with van der Waals surface area (Å²) >= 11 is 0. The largest absolute Gasteiger partial charge is 0.332 e. The second-order valence-electron chi connectivity index (χ2n) is 3.21. The number of hydrogen-bond acceptors (Lipinski definition) is 3. The second-order valence-corrected chi connectivity index (χ2v) is 5.26. The molecule has 0 aromatic heterocycles. The molecule has 3 atom stereocenters. The lowest BCUT2D eigenvalue weighted by Crippen LogP contribution is -2.26. The van der Waals surface area contributed by atoms with Crippen molar-refractivity contribution in [3.05, 3.63) is 0 Å². The van der Waals surface area contributed by atoms with Gasteiger partial charge in [-0.3, -0.25) is 4.57 Å². The van der Waals surface area contributed by atoms with Crippen molar-refractivity contribution in [2.45, 2.75) is 19.0 Å². The van der Waals surface area contributed by atoms with Gasteiger partial charge in [-0.05, 0) is 6.92 Å². The minimum Gasteiger partial charge on any atom is -0.324 e. The Balaban J connectivity index is 0.00000196. The summed E-state index contributed by atoms with van der Waals surface area (Å²) in [6, 6.07) is 0. The van der Waals surface area contributed by atoms with E-state index >= 15 is 0 Å². The van der Waals surface area contributed by atoms with Gasteiger partial charge in [0.15, 0.2) is 0 Å². The van der Waals surface area contributed by atoms with Gasteiger partial charge in [0.05, 0.1) is 12.3 Å². The summed E-state index contributed by atoms with van der Waals surface area (Å²) in [5.41, 5.74) is -0.984. The molecule has 15 heavy (non-hydrogen) atoms. The van der Waals surface area contributed by atoms with E-state index in [1.165, 1.54) is 0 Å². The zero-order chi connectivity index (χ0) is 10.8. The molecule has 0 bridgehead atoms. The average Bonchev–Trinajstić information content (AvgIpc) is 2.51. The van der Waals surface area contributed by atoms with Crippen molar-refractivity contribution in [1.29, 1.82) is 0 Å². The predicted molar refractivity (Wildman–Crippen MR) is 54.9 cm³/mol. The van der Waals surface area contributed by atoms with Crippen molar-refractivity contribution < 1.29 is 22.8 Å². The Morgan fingerprint density at radius 1 is 1.60 bits per heavy atom. The molecule has 1 saturated heterocycles. The third kappa shape index (κ3) is 3.64. The minimum atomic E-state index is -3.89. The minimum absolute atomic E-state index is 0. The van der Waals surface area contributed by atoms with Crippen LogP contribution in [-0.2, 0) is 9.09 Å². The normalized spacial score (nSPS) is 29.9. The number of rotatable bonds is 4. The van der Waals surface area contributed by atoms with Crippen LogP contribution in [0.15, 0.2) is 0 Å². The van der Waals surface area contributed by atoms with Crippen LogP contribution >= 0.6 is 20.0 Å². The number of nitrogens with one attached hydrogen (secondary N) is 1. The second kappa shape index (κ2) is 6.11. The molecule has 0 amide bonds. The van der Waals surface area contributed by atoms with Crippen molar-refractivity contribution in [1.82, 2.24) is 5.32 Å². The smallest absolute Gasteiger partial charge is 0.324 e. The Bertz CT molecular complexity index is 244. The zero-order valence-electron chi connectivity index (χ0n) is 8.23. The molecule has 1 fully saturated rings. The maximum Gasteiger partial charge on any atom is 0.332 e. The van der Waals surface area contributed by atoms with E-state index in [1.807, 2.05) is 0 Å². The average molecular weight is 266 g/mol.